The summed E-state index contributed by atoms with van der Waals surface area (Å²) in [4.78, 5) is 4.46. The first kappa shape index (κ1) is 12.3. The second-order valence-electron chi connectivity index (χ2n) is 4.10. The highest BCUT2D eigenvalue weighted by atomic mass is 15.3. The van der Waals surface area contributed by atoms with E-state index in [0.29, 0.717) is 0 Å². The van der Waals surface area contributed by atoms with Gasteiger partial charge in [0, 0.05) is 13.6 Å². The summed E-state index contributed by atoms with van der Waals surface area (Å²) < 4.78 is 1.89. The van der Waals surface area contributed by atoms with Crippen LogP contribution in [0.25, 0.3) is 0 Å². The number of nitrogens with zero attached hydrogens (tertiary/aromatic N) is 4. The van der Waals surface area contributed by atoms with E-state index in [-0.39, 0.29) is 6.04 Å². The summed E-state index contributed by atoms with van der Waals surface area (Å²) in [5.74, 6) is 2.57. The molecule has 0 aliphatic rings. The molecule has 0 aliphatic heterocycles. The number of hydrogen-bond acceptors (Lipinski definition) is 5. The van der Waals surface area contributed by atoms with E-state index in [1.165, 1.54) is 0 Å². The number of aromatic nitrogens is 4. The minimum Gasteiger partial charge on any atom is -0.370 e. The van der Waals surface area contributed by atoms with Gasteiger partial charge >= 0.3 is 0 Å². The normalized spacial score (nSPS) is 12.2. The lowest BCUT2D eigenvalue weighted by atomic mass is 10.3. The summed E-state index contributed by atoms with van der Waals surface area (Å²) >= 11 is 0. The van der Waals surface area contributed by atoms with E-state index in [4.69, 9.17) is 0 Å². The van der Waals surface area contributed by atoms with Gasteiger partial charge in [0.05, 0.1) is 6.04 Å². The molecular weight excluding hydrogens is 228 g/mol. The van der Waals surface area contributed by atoms with Gasteiger partial charge in [0.1, 0.15) is 18.0 Å². The lowest BCUT2D eigenvalue weighted by Gasteiger charge is -2.14. The molecule has 2 N–H and O–H groups in total. The van der Waals surface area contributed by atoms with Crippen molar-refractivity contribution in [2.24, 2.45) is 7.05 Å². The smallest absolute Gasteiger partial charge is 0.154 e. The van der Waals surface area contributed by atoms with Crippen LogP contribution in [-0.2, 0) is 7.05 Å². The summed E-state index contributed by atoms with van der Waals surface area (Å²) in [5, 5.41) is 14.4. The highest BCUT2D eigenvalue weighted by Crippen LogP contribution is 2.16. The van der Waals surface area contributed by atoms with E-state index in [9.17, 15) is 0 Å². The third-order valence-corrected chi connectivity index (χ3v) is 2.61. The molecule has 96 valence electrons. The molecule has 6 nitrogen and oxygen atoms in total. The lowest BCUT2D eigenvalue weighted by molar-refractivity contribution is 0.716. The molecule has 18 heavy (non-hydrogen) atoms. The van der Waals surface area contributed by atoms with Crippen molar-refractivity contribution in [3.8, 4) is 0 Å². The maximum absolute atomic E-state index is 4.46. The third kappa shape index (κ3) is 2.77. The number of nitrogens with one attached hydrogen (secondary N) is 2. The zero-order valence-corrected chi connectivity index (χ0v) is 10.9. The predicted octanol–water partition coefficient (Wildman–Crippen LogP) is 1.81. The number of anilines is 2. The van der Waals surface area contributed by atoms with Crippen molar-refractivity contribution < 1.29 is 0 Å². The van der Waals surface area contributed by atoms with Crippen LogP contribution in [0.1, 0.15) is 25.7 Å². The van der Waals surface area contributed by atoms with Gasteiger partial charge in [-0.05, 0) is 26.0 Å². The Hall–Kier alpha value is -2.11. The molecule has 0 aromatic carbocycles. The summed E-state index contributed by atoms with van der Waals surface area (Å²) in [7, 11) is 1.93. The van der Waals surface area contributed by atoms with Crippen LogP contribution in [-0.4, -0.2) is 26.3 Å². The Balaban J connectivity index is 2.09. The van der Waals surface area contributed by atoms with Crippen LogP contribution in [0.15, 0.2) is 24.5 Å². The van der Waals surface area contributed by atoms with E-state index in [1.807, 2.05) is 43.7 Å². The zero-order chi connectivity index (χ0) is 13.0. The van der Waals surface area contributed by atoms with Crippen LogP contribution in [0.2, 0.25) is 0 Å². The quantitative estimate of drug-likeness (QED) is 0.842. The van der Waals surface area contributed by atoms with Gasteiger partial charge in [-0.1, -0.05) is 6.07 Å². The van der Waals surface area contributed by atoms with Gasteiger partial charge < -0.3 is 15.2 Å². The molecule has 1 atom stereocenters. The summed E-state index contributed by atoms with van der Waals surface area (Å²) in [5.41, 5.74) is 0. The van der Waals surface area contributed by atoms with Crippen molar-refractivity contribution in [2.45, 2.75) is 19.9 Å². The summed E-state index contributed by atoms with van der Waals surface area (Å²) in [6.07, 6.45) is 1.69. The average Bonchev–Trinajstić information content (AvgIpc) is 2.76. The Kier molecular flexibility index (Phi) is 3.76. The van der Waals surface area contributed by atoms with Crippen molar-refractivity contribution in [1.82, 2.24) is 19.7 Å². The van der Waals surface area contributed by atoms with Crippen molar-refractivity contribution in [2.75, 3.05) is 17.2 Å². The molecule has 0 amide bonds. The molecule has 2 aromatic heterocycles. The van der Waals surface area contributed by atoms with E-state index in [2.05, 4.69) is 25.8 Å². The summed E-state index contributed by atoms with van der Waals surface area (Å²) in [6, 6.07) is 5.91. The van der Waals surface area contributed by atoms with Crippen LogP contribution in [0.4, 0.5) is 11.6 Å². The van der Waals surface area contributed by atoms with E-state index < -0.39 is 0 Å². The number of pyridine rings is 1. The SMILES string of the molecule is CCNc1cccc(NC(C)c2nncn2C)n1. The molecule has 6 heteroatoms. The molecule has 2 aromatic rings. The first-order valence-corrected chi connectivity index (χ1v) is 6.02. The molecule has 0 spiro atoms. The first-order chi connectivity index (χ1) is 8.70. The van der Waals surface area contributed by atoms with E-state index in [0.717, 1.165) is 24.0 Å². The largest absolute Gasteiger partial charge is 0.370 e. The third-order valence-electron chi connectivity index (χ3n) is 2.61. The van der Waals surface area contributed by atoms with Gasteiger partial charge in [-0.15, -0.1) is 10.2 Å². The van der Waals surface area contributed by atoms with Crippen molar-refractivity contribution in [3.63, 3.8) is 0 Å². The van der Waals surface area contributed by atoms with Gasteiger partial charge in [-0.25, -0.2) is 4.98 Å². The fourth-order valence-electron chi connectivity index (χ4n) is 1.77. The fourth-order valence-corrected chi connectivity index (χ4v) is 1.77. The molecule has 0 aliphatic carbocycles. The van der Waals surface area contributed by atoms with E-state index >= 15 is 0 Å². The standard InChI is InChI=1S/C12H18N6/c1-4-13-10-6-5-7-11(16-10)15-9(2)12-17-14-8-18(12)3/h5-9H,4H2,1-3H3,(H2,13,15,16). The monoisotopic (exact) mass is 246 g/mol. The number of aryl methyl sites for hydroxylation is 1. The Bertz CT molecular complexity index is 507. The van der Waals surface area contributed by atoms with Crippen molar-refractivity contribution in [1.29, 1.82) is 0 Å². The van der Waals surface area contributed by atoms with E-state index in [1.54, 1.807) is 6.33 Å². The van der Waals surface area contributed by atoms with Crippen LogP contribution >= 0.6 is 0 Å². The molecule has 2 rings (SSSR count). The minimum absolute atomic E-state index is 0.0573. The topological polar surface area (TPSA) is 67.7 Å². The second-order valence-corrected chi connectivity index (χ2v) is 4.10. The first-order valence-electron chi connectivity index (χ1n) is 6.02. The molecule has 0 radical (unpaired) electrons. The highest BCUT2D eigenvalue weighted by molar-refractivity contribution is 5.45. The zero-order valence-electron chi connectivity index (χ0n) is 10.9. The molecule has 2 heterocycles. The van der Waals surface area contributed by atoms with Gasteiger partial charge in [0.2, 0.25) is 0 Å². The maximum atomic E-state index is 4.46. The van der Waals surface area contributed by atoms with Gasteiger partial charge in [-0.3, -0.25) is 0 Å². The number of hydrogen-bond donors (Lipinski definition) is 2. The highest BCUT2D eigenvalue weighted by Gasteiger charge is 2.11. The van der Waals surface area contributed by atoms with Crippen molar-refractivity contribution in [3.05, 3.63) is 30.4 Å². The average molecular weight is 246 g/mol. The molecule has 0 saturated carbocycles. The molecule has 0 bridgehead atoms. The number of rotatable bonds is 5. The molecule has 0 fully saturated rings. The molecule has 0 saturated heterocycles. The van der Waals surface area contributed by atoms with Crippen molar-refractivity contribution >= 4 is 11.6 Å². The second kappa shape index (κ2) is 5.48. The Morgan fingerprint density at radius 3 is 2.78 bits per heavy atom. The summed E-state index contributed by atoms with van der Waals surface area (Å²) in [6.45, 7) is 4.94. The fraction of sp³-hybridized carbons (Fsp3) is 0.417. The predicted molar refractivity (Wildman–Crippen MR) is 71.4 cm³/mol. The Labute approximate surface area is 106 Å². The van der Waals surface area contributed by atoms with Crippen LogP contribution < -0.4 is 10.6 Å². The maximum Gasteiger partial charge on any atom is 0.154 e. The van der Waals surface area contributed by atoms with Gasteiger partial charge in [0.15, 0.2) is 5.82 Å². The van der Waals surface area contributed by atoms with Gasteiger partial charge in [0.25, 0.3) is 0 Å². The van der Waals surface area contributed by atoms with Crippen LogP contribution in [0, 0.1) is 0 Å². The molecule has 1 unspecified atom stereocenters. The Morgan fingerprint density at radius 2 is 2.11 bits per heavy atom. The van der Waals surface area contributed by atoms with Crippen LogP contribution in [0.3, 0.4) is 0 Å². The van der Waals surface area contributed by atoms with Crippen LogP contribution in [0.5, 0.6) is 0 Å². The minimum atomic E-state index is 0.0573. The molecular formula is C12H18N6. The lowest BCUT2D eigenvalue weighted by Crippen LogP contribution is -2.13. The van der Waals surface area contributed by atoms with Gasteiger partial charge in [-0.2, -0.15) is 0 Å². The Morgan fingerprint density at radius 1 is 1.33 bits per heavy atom.